The molecule has 112 valence electrons. The zero-order valence-electron chi connectivity index (χ0n) is 12.9. The van der Waals surface area contributed by atoms with Gasteiger partial charge in [-0.3, -0.25) is 4.79 Å². The van der Waals surface area contributed by atoms with Gasteiger partial charge in [0.05, 0.1) is 6.10 Å². The van der Waals surface area contributed by atoms with Crippen LogP contribution in [0.4, 0.5) is 0 Å². The second kappa shape index (κ2) is 8.02. The van der Waals surface area contributed by atoms with Crippen molar-refractivity contribution in [3.8, 4) is 0 Å². The highest BCUT2D eigenvalue weighted by Gasteiger charge is 2.09. The zero-order chi connectivity index (χ0) is 15.1. The van der Waals surface area contributed by atoms with Crippen LogP contribution < -0.4 is 5.32 Å². The van der Waals surface area contributed by atoms with Crippen molar-refractivity contribution in [3.63, 3.8) is 0 Å². The van der Waals surface area contributed by atoms with Crippen molar-refractivity contribution >= 4 is 5.91 Å². The van der Waals surface area contributed by atoms with E-state index >= 15 is 0 Å². The lowest BCUT2D eigenvalue weighted by atomic mass is 10.00. The minimum absolute atomic E-state index is 0.0910. The standard InChI is InChI=1S/C16H26N2O2/c1-12(2)13-5-7-14(8-6-13)15(19)11-17-10-9-16(20)18(3)4/h5-8,12,15,17,19H,9-11H2,1-4H3. The summed E-state index contributed by atoms with van der Waals surface area (Å²) < 4.78 is 0. The molecule has 0 radical (unpaired) electrons. The Bertz CT molecular complexity index is 413. The maximum atomic E-state index is 11.4. The predicted octanol–water partition coefficient (Wildman–Crippen LogP) is 1.91. The number of hydrogen-bond donors (Lipinski definition) is 2. The second-order valence-corrected chi connectivity index (χ2v) is 5.58. The van der Waals surface area contributed by atoms with Crippen molar-refractivity contribution < 1.29 is 9.90 Å². The first kappa shape index (κ1) is 16.7. The van der Waals surface area contributed by atoms with E-state index in [1.807, 2.05) is 12.1 Å². The van der Waals surface area contributed by atoms with Gasteiger partial charge in [0, 0.05) is 33.6 Å². The lowest BCUT2D eigenvalue weighted by Gasteiger charge is -2.14. The molecule has 0 saturated heterocycles. The van der Waals surface area contributed by atoms with Crippen LogP contribution in [-0.2, 0) is 4.79 Å². The Balaban J connectivity index is 2.35. The molecule has 1 amide bonds. The minimum Gasteiger partial charge on any atom is -0.387 e. The fourth-order valence-electron chi connectivity index (χ4n) is 1.88. The highest BCUT2D eigenvalue weighted by molar-refractivity contribution is 5.75. The molecule has 0 heterocycles. The summed E-state index contributed by atoms with van der Waals surface area (Å²) in [5.74, 6) is 0.588. The summed E-state index contributed by atoms with van der Waals surface area (Å²) in [4.78, 5) is 13.0. The summed E-state index contributed by atoms with van der Waals surface area (Å²) >= 11 is 0. The van der Waals surface area contributed by atoms with E-state index in [1.165, 1.54) is 5.56 Å². The SMILES string of the molecule is CC(C)c1ccc(C(O)CNCCC(=O)N(C)C)cc1. The third-order valence-corrected chi connectivity index (χ3v) is 3.34. The van der Waals surface area contributed by atoms with E-state index in [-0.39, 0.29) is 5.91 Å². The van der Waals surface area contributed by atoms with Gasteiger partial charge in [-0.05, 0) is 17.0 Å². The van der Waals surface area contributed by atoms with E-state index in [0.717, 1.165) is 5.56 Å². The van der Waals surface area contributed by atoms with Crippen molar-refractivity contribution in [1.82, 2.24) is 10.2 Å². The summed E-state index contributed by atoms with van der Waals surface area (Å²) in [5.41, 5.74) is 2.17. The first-order valence-corrected chi connectivity index (χ1v) is 7.10. The van der Waals surface area contributed by atoms with Crippen molar-refractivity contribution in [2.45, 2.75) is 32.3 Å². The molecular weight excluding hydrogens is 252 g/mol. The molecule has 4 heteroatoms. The van der Waals surface area contributed by atoms with E-state index in [2.05, 4.69) is 31.3 Å². The van der Waals surface area contributed by atoms with E-state index in [1.54, 1.807) is 19.0 Å². The number of carbonyl (C=O) groups excluding carboxylic acids is 1. The Kier molecular flexibility index (Phi) is 6.68. The molecule has 0 aliphatic heterocycles. The minimum atomic E-state index is -0.536. The molecule has 0 aromatic heterocycles. The van der Waals surface area contributed by atoms with Crippen molar-refractivity contribution in [2.24, 2.45) is 0 Å². The molecule has 0 aliphatic carbocycles. The van der Waals surface area contributed by atoms with Crippen molar-refractivity contribution in [2.75, 3.05) is 27.2 Å². The lowest BCUT2D eigenvalue weighted by molar-refractivity contribution is -0.128. The maximum Gasteiger partial charge on any atom is 0.223 e. The largest absolute Gasteiger partial charge is 0.387 e. The lowest BCUT2D eigenvalue weighted by Crippen LogP contribution is -2.28. The molecule has 0 spiro atoms. The van der Waals surface area contributed by atoms with Crippen LogP contribution in [0.15, 0.2) is 24.3 Å². The predicted molar refractivity (Wildman–Crippen MR) is 81.7 cm³/mol. The van der Waals surface area contributed by atoms with Gasteiger partial charge in [0.15, 0.2) is 0 Å². The van der Waals surface area contributed by atoms with Gasteiger partial charge in [0.1, 0.15) is 0 Å². The molecule has 1 aromatic rings. The Morgan fingerprint density at radius 2 is 1.75 bits per heavy atom. The summed E-state index contributed by atoms with van der Waals surface area (Å²) in [6.07, 6.45) is -0.0860. The van der Waals surface area contributed by atoms with Crippen molar-refractivity contribution in [1.29, 1.82) is 0 Å². The second-order valence-electron chi connectivity index (χ2n) is 5.58. The van der Waals surface area contributed by atoms with Gasteiger partial charge in [0.2, 0.25) is 5.91 Å². The monoisotopic (exact) mass is 278 g/mol. The highest BCUT2D eigenvalue weighted by Crippen LogP contribution is 2.18. The molecule has 1 aromatic carbocycles. The summed E-state index contributed by atoms with van der Waals surface area (Å²) in [7, 11) is 3.49. The normalized spacial score (nSPS) is 12.5. The van der Waals surface area contributed by atoms with E-state index in [4.69, 9.17) is 0 Å². The van der Waals surface area contributed by atoms with Gasteiger partial charge in [-0.25, -0.2) is 0 Å². The van der Waals surface area contributed by atoms with Crippen LogP contribution in [0.2, 0.25) is 0 Å². The summed E-state index contributed by atoms with van der Waals surface area (Å²) in [6, 6.07) is 8.04. The number of aliphatic hydroxyl groups is 1. The van der Waals surface area contributed by atoms with Gasteiger partial charge in [-0.1, -0.05) is 38.1 Å². The van der Waals surface area contributed by atoms with E-state index in [9.17, 15) is 9.90 Å². The van der Waals surface area contributed by atoms with Crippen LogP contribution in [-0.4, -0.2) is 43.1 Å². The van der Waals surface area contributed by atoms with Crippen LogP contribution >= 0.6 is 0 Å². The molecule has 1 unspecified atom stereocenters. The fourth-order valence-corrected chi connectivity index (χ4v) is 1.88. The molecule has 0 aliphatic rings. The number of nitrogens with zero attached hydrogens (tertiary/aromatic N) is 1. The zero-order valence-corrected chi connectivity index (χ0v) is 12.9. The topological polar surface area (TPSA) is 52.6 Å². The van der Waals surface area contributed by atoms with Gasteiger partial charge < -0.3 is 15.3 Å². The number of carbonyl (C=O) groups is 1. The van der Waals surface area contributed by atoms with Gasteiger partial charge in [-0.2, -0.15) is 0 Å². The number of hydrogen-bond acceptors (Lipinski definition) is 3. The molecule has 2 N–H and O–H groups in total. The van der Waals surface area contributed by atoms with Crippen LogP contribution in [0, 0.1) is 0 Å². The average Bonchev–Trinajstić information content (AvgIpc) is 2.43. The van der Waals surface area contributed by atoms with Crippen LogP contribution in [0.25, 0.3) is 0 Å². The Morgan fingerprint density at radius 1 is 1.20 bits per heavy atom. The molecular formula is C16H26N2O2. The number of benzene rings is 1. The van der Waals surface area contributed by atoms with Crippen LogP contribution in [0.1, 0.15) is 43.4 Å². The van der Waals surface area contributed by atoms with E-state index < -0.39 is 6.10 Å². The number of aliphatic hydroxyl groups excluding tert-OH is 1. The Hall–Kier alpha value is -1.39. The quantitative estimate of drug-likeness (QED) is 0.749. The third kappa shape index (κ3) is 5.31. The van der Waals surface area contributed by atoms with Gasteiger partial charge in [-0.15, -0.1) is 0 Å². The van der Waals surface area contributed by atoms with Crippen LogP contribution in [0.3, 0.4) is 0 Å². The Morgan fingerprint density at radius 3 is 2.25 bits per heavy atom. The number of amides is 1. The van der Waals surface area contributed by atoms with Crippen molar-refractivity contribution in [3.05, 3.63) is 35.4 Å². The van der Waals surface area contributed by atoms with Gasteiger partial charge >= 0.3 is 0 Å². The average molecular weight is 278 g/mol. The smallest absolute Gasteiger partial charge is 0.223 e. The highest BCUT2D eigenvalue weighted by atomic mass is 16.3. The van der Waals surface area contributed by atoms with Crippen LogP contribution in [0.5, 0.6) is 0 Å². The number of rotatable bonds is 7. The van der Waals surface area contributed by atoms with Gasteiger partial charge in [0.25, 0.3) is 0 Å². The first-order valence-electron chi connectivity index (χ1n) is 7.10. The molecule has 0 bridgehead atoms. The molecule has 0 fully saturated rings. The molecule has 1 rings (SSSR count). The third-order valence-electron chi connectivity index (χ3n) is 3.34. The van der Waals surface area contributed by atoms with E-state index in [0.29, 0.717) is 25.4 Å². The summed E-state index contributed by atoms with van der Waals surface area (Å²) in [5, 5.41) is 13.2. The molecule has 1 atom stereocenters. The molecule has 4 nitrogen and oxygen atoms in total. The molecule has 0 saturated carbocycles. The molecule has 20 heavy (non-hydrogen) atoms. The number of nitrogens with one attached hydrogen (secondary N) is 1. The summed E-state index contributed by atoms with van der Waals surface area (Å²) in [6.45, 7) is 5.34. The first-order chi connectivity index (χ1) is 9.41. The Labute approximate surface area is 121 Å². The fraction of sp³-hybridized carbons (Fsp3) is 0.562. The maximum absolute atomic E-state index is 11.4.